The van der Waals surface area contributed by atoms with Gasteiger partial charge in [-0.3, -0.25) is 9.69 Å². The van der Waals surface area contributed by atoms with E-state index in [4.69, 9.17) is 0 Å². The van der Waals surface area contributed by atoms with Gasteiger partial charge < -0.3 is 0 Å². The van der Waals surface area contributed by atoms with Crippen LogP contribution in [0.3, 0.4) is 0 Å². The van der Waals surface area contributed by atoms with Crippen LogP contribution in [0.4, 0.5) is 0 Å². The van der Waals surface area contributed by atoms with Gasteiger partial charge in [-0.05, 0) is 25.7 Å². The third-order valence-corrected chi connectivity index (χ3v) is 3.54. The van der Waals surface area contributed by atoms with Crippen LogP contribution < -0.4 is 0 Å². The lowest BCUT2D eigenvalue weighted by atomic mass is 9.84. The summed E-state index contributed by atoms with van der Waals surface area (Å²) in [4.78, 5) is 13.7. The van der Waals surface area contributed by atoms with Gasteiger partial charge in [0.2, 0.25) is 0 Å². The normalized spacial score (nSPS) is 31.8. The quantitative estimate of drug-likeness (QED) is 0.648. The summed E-state index contributed by atoms with van der Waals surface area (Å²) in [5.74, 6) is 1.40. The third-order valence-electron chi connectivity index (χ3n) is 3.54. The van der Waals surface area contributed by atoms with E-state index in [-0.39, 0.29) is 0 Å². The van der Waals surface area contributed by atoms with Gasteiger partial charge in [0, 0.05) is 32.0 Å². The zero-order valence-corrected chi connectivity index (χ0v) is 8.46. The summed E-state index contributed by atoms with van der Waals surface area (Å²) in [5, 5.41) is 0. The van der Waals surface area contributed by atoms with E-state index in [1.54, 1.807) is 0 Å². The minimum Gasteiger partial charge on any atom is -0.300 e. The Kier molecular flexibility index (Phi) is 2.68. The van der Waals surface area contributed by atoms with Gasteiger partial charge in [0.25, 0.3) is 0 Å². The number of nitrogens with zero attached hydrogens (tertiary/aromatic N) is 1. The molecule has 74 valence electrons. The van der Waals surface area contributed by atoms with Crippen LogP contribution in [0.2, 0.25) is 0 Å². The first-order valence-electron chi connectivity index (χ1n) is 5.51. The molecule has 1 atom stereocenters. The summed E-state index contributed by atoms with van der Waals surface area (Å²) < 4.78 is 0. The Morgan fingerprint density at radius 2 is 2.23 bits per heavy atom. The smallest absolute Gasteiger partial charge is 0.135 e. The maximum Gasteiger partial charge on any atom is 0.135 e. The molecule has 2 nitrogen and oxygen atoms in total. The Balaban J connectivity index is 1.80. The van der Waals surface area contributed by atoms with E-state index < -0.39 is 0 Å². The third kappa shape index (κ3) is 2.11. The Morgan fingerprint density at radius 1 is 1.46 bits per heavy atom. The highest BCUT2D eigenvalue weighted by Gasteiger charge is 2.27. The molecule has 2 heteroatoms. The van der Waals surface area contributed by atoms with Crippen LogP contribution in [0, 0.1) is 5.92 Å². The summed E-state index contributed by atoms with van der Waals surface area (Å²) >= 11 is 0. The molecule has 0 aromatic carbocycles. The van der Waals surface area contributed by atoms with Crippen LogP contribution in [0.25, 0.3) is 0 Å². The Labute approximate surface area is 80.3 Å². The molecular weight excluding hydrogens is 162 g/mol. The molecule has 1 saturated carbocycles. The van der Waals surface area contributed by atoms with Crippen molar-refractivity contribution in [3.8, 4) is 0 Å². The maximum atomic E-state index is 11.2. The van der Waals surface area contributed by atoms with Crippen molar-refractivity contribution in [2.45, 2.75) is 45.1 Å². The Morgan fingerprint density at radius 3 is 2.77 bits per heavy atom. The fourth-order valence-corrected chi connectivity index (χ4v) is 2.33. The Hall–Kier alpha value is -0.370. The average molecular weight is 181 g/mol. The minimum atomic E-state index is 0.456. The molecule has 1 saturated heterocycles. The zero-order chi connectivity index (χ0) is 9.26. The highest BCUT2D eigenvalue weighted by atomic mass is 16.1. The molecule has 1 aliphatic heterocycles. The van der Waals surface area contributed by atoms with Crippen LogP contribution in [-0.2, 0) is 4.79 Å². The van der Waals surface area contributed by atoms with Gasteiger partial charge in [-0.25, -0.2) is 0 Å². The summed E-state index contributed by atoms with van der Waals surface area (Å²) in [5.41, 5.74) is 0. The lowest BCUT2D eigenvalue weighted by Gasteiger charge is -2.38. The van der Waals surface area contributed by atoms with Crippen molar-refractivity contribution in [3.05, 3.63) is 0 Å². The van der Waals surface area contributed by atoms with Crippen LogP contribution in [0.15, 0.2) is 0 Å². The van der Waals surface area contributed by atoms with Crippen molar-refractivity contribution in [2.24, 2.45) is 5.92 Å². The molecule has 0 bridgehead atoms. The van der Waals surface area contributed by atoms with E-state index in [0.717, 1.165) is 25.3 Å². The van der Waals surface area contributed by atoms with Gasteiger partial charge in [0.05, 0.1) is 0 Å². The van der Waals surface area contributed by atoms with Crippen molar-refractivity contribution in [3.63, 3.8) is 0 Å². The van der Waals surface area contributed by atoms with Gasteiger partial charge in [0.15, 0.2) is 0 Å². The standard InChI is InChI=1S/C11H19NO/c1-9-7-11(13)5-6-12(9)8-10-3-2-4-10/h9-10H,2-8H2,1H3. The monoisotopic (exact) mass is 181 g/mol. The van der Waals surface area contributed by atoms with Gasteiger partial charge in [-0.2, -0.15) is 0 Å². The van der Waals surface area contributed by atoms with E-state index in [1.165, 1.54) is 25.8 Å². The van der Waals surface area contributed by atoms with Crippen molar-refractivity contribution < 1.29 is 4.79 Å². The van der Waals surface area contributed by atoms with Crippen LogP contribution >= 0.6 is 0 Å². The second-order valence-electron chi connectivity index (χ2n) is 4.63. The van der Waals surface area contributed by atoms with Crippen molar-refractivity contribution in [1.29, 1.82) is 0 Å². The molecule has 0 amide bonds. The van der Waals surface area contributed by atoms with E-state index in [0.29, 0.717) is 11.8 Å². The molecule has 0 spiro atoms. The van der Waals surface area contributed by atoms with E-state index >= 15 is 0 Å². The van der Waals surface area contributed by atoms with Crippen molar-refractivity contribution >= 4 is 5.78 Å². The lowest BCUT2D eigenvalue weighted by molar-refractivity contribution is -0.123. The molecule has 1 heterocycles. The van der Waals surface area contributed by atoms with E-state index in [1.807, 2.05) is 0 Å². The first kappa shape index (κ1) is 9.20. The second kappa shape index (κ2) is 3.79. The number of hydrogen-bond acceptors (Lipinski definition) is 2. The summed E-state index contributed by atoms with van der Waals surface area (Å²) in [7, 11) is 0. The predicted octanol–water partition coefficient (Wildman–Crippen LogP) is 1.84. The number of ketones is 1. The molecule has 2 fully saturated rings. The first-order chi connectivity index (χ1) is 6.25. The number of carbonyl (C=O) groups excluding carboxylic acids is 1. The second-order valence-corrected chi connectivity index (χ2v) is 4.63. The molecule has 2 rings (SSSR count). The highest BCUT2D eigenvalue weighted by Crippen LogP contribution is 2.28. The van der Waals surface area contributed by atoms with Crippen molar-refractivity contribution in [2.75, 3.05) is 13.1 Å². The topological polar surface area (TPSA) is 20.3 Å². The maximum absolute atomic E-state index is 11.2. The average Bonchev–Trinajstić information content (AvgIpc) is 1.99. The molecule has 0 aromatic rings. The Bertz CT molecular complexity index is 198. The zero-order valence-electron chi connectivity index (χ0n) is 8.46. The van der Waals surface area contributed by atoms with Gasteiger partial charge in [0.1, 0.15) is 5.78 Å². The number of rotatable bonds is 2. The SMILES string of the molecule is CC1CC(=O)CCN1CC1CCC1. The van der Waals surface area contributed by atoms with Gasteiger partial charge in [-0.15, -0.1) is 0 Å². The predicted molar refractivity (Wildman–Crippen MR) is 52.6 cm³/mol. The fraction of sp³-hybridized carbons (Fsp3) is 0.909. The van der Waals surface area contributed by atoms with Crippen molar-refractivity contribution in [1.82, 2.24) is 4.90 Å². The summed E-state index contributed by atoms with van der Waals surface area (Å²) in [6.45, 7) is 4.45. The first-order valence-corrected chi connectivity index (χ1v) is 5.51. The largest absolute Gasteiger partial charge is 0.300 e. The molecule has 0 aromatic heterocycles. The van der Waals surface area contributed by atoms with E-state index in [2.05, 4.69) is 11.8 Å². The molecule has 0 N–H and O–H groups in total. The number of likely N-dealkylation sites (tertiary alicyclic amines) is 1. The fourth-order valence-electron chi connectivity index (χ4n) is 2.33. The minimum absolute atomic E-state index is 0.456. The molecule has 1 unspecified atom stereocenters. The van der Waals surface area contributed by atoms with Crippen LogP contribution in [-0.4, -0.2) is 29.8 Å². The molecule has 1 aliphatic carbocycles. The number of hydrogen-bond donors (Lipinski definition) is 0. The molecular formula is C11H19NO. The summed E-state index contributed by atoms with van der Waals surface area (Å²) in [6, 6.07) is 0.502. The van der Waals surface area contributed by atoms with Crippen LogP contribution in [0.5, 0.6) is 0 Å². The van der Waals surface area contributed by atoms with Gasteiger partial charge in [-0.1, -0.05) is 6.42 Å². The molecule has 2 aliphatic rings. The highest BCUT2D eigenvalue weighted by molar-refractivity contribution is 5.79. The molecule has 13 heavy (non-hydrogen) atoms. The number of piperidine rings is 1. The number of carbonyl (C=O) groups is 1. The molecule has 0 radical (unpaired) electrons. The van der Waals surface area contributed by atoms with Crippen LogP contribution in [0.1, 0.15) is 39.0 Å². The lowest BCUT2D eigenvalue weighted by Crippen LogP contribution is -2.44. The number of Topliss-reactive ketones (excluding diaryl/α,β-unsaturated/α-hetero) is 1. The van der Waals surface area contributed by atoms with E-state index in [9.17, 15) is 4.79 Å². The van der Waals surface area contributed by atoms with Gasteiger partial charge >= 0.3 is 0 Å². The summed E-state index contributed by atoms with van der Waals surface area (Å²) in [6.07, 6.45) is 5.82.